The van der Waals surface area contributed by atoms with Crippen LogP contribution in [-0.4, -0.2) is 23.4 Å². The van der Waals surface area contributed by atoms with Gasteiger partial charge in [0, 0.05) is 5.56 Å². The number of hydrogen-bond acceptors (Lipinski definition) is 5. The summed E-state index contributed by atoms with van der Waals surface area (Å²) >= 11 is 0.800. The summed E-state index contributed by atoms with van der Waals surface area (Å²) in [5, 5.41) is 11.3. The number of hydrogen-bond donors (Lipinski definition) is 2. The highest BCUT2D eigenvalue weighted by molar-refractivity contribution is 8.18. The first-order valence-corrected chi connectivity index (χ1v) is 5.53. The van der Waals surface area contributed by atoms with E-state index < -0.39 is 11.1 Å². The SMILES string of the molecule is COc1ccc(O)c(/C=C2\SC(=O)NC2=O)c1. The normalized spacial score (nSPS) is 17.4. The summed E-state index contributed by atoms with van der Waals surface area (Å²) in [7, 11) is 1.50. The van der Waals surface area contributed by atoms with Crippen molar-refractivity contribution in [3.05, 3.63) is 28.7 Å². The number of benzene rings is 1. The van der Waals surface area contributed by atoms with E-state index in [0.29, 0.717) is 11.3 Å². The van der Waals surface area contributed by atoms with Gasteiger partial charge in [0.05, 0.1) is 12.0 Å². The van der Waals surface area contributed by atoms with Crippen molar-refractivity contribution < 1.29 is 19.4 Å². The molecule has 0 aromatic heterocycles. The maximum Gasteiger partial charge on any atom is 0.290 e. The topological polar surface area (TPSA) is 75.6 Å². The number of carbonyl (C=O) groups is 2. The monoisotopic (exact) mass is 251 g/mol. The van der Waals surface area contributed by atoms with Crippen molar-refractivity contribution in [2.75, 3.05) is 7.11 Å². The molecule has 6 heteroatoms. The second kappa shape index (κ2) is 4.50. The number of ether oxygens (including phenoxy) is 1. The molecule has 0 atom stereocenters. The third-order valence-corrected chi connectivity index (χ3v) is 2.97. The molecule has 2 rings (SSSR count). The van der Waals surface area contributed by atoms with Crippen molar-refractivity contribution in [3.63, 3.8) is 0 Å². The van der Waals surface area contributed by atoms with E-state index in [1.54, 1.807) is 12.1 Å². The Balaban J connectivity index is 2.38. The van der Waals surface area contributed by atoms with Crippen LogP contribution < -0.4 is 10.1 Å². The maximum absolute atomic E-state index is 11.3. The van der Waals surface area contributed by atoms with Gasteiger partial charge < -0.3 is 9.84 Å². The first kappa shape index (κ1) is 11.5. The van der Waals surface area contributed by atoms with Gasteiger partial charge in [-0.2, -0.15) is 0 Å². The van der Waals surface area contributed by atoms with Crippen LogP contribution in [-0.2, 0) is 4.79 Å². The average Bonchev–Trinajstić information content (AvgIpc) is 2.60. The summed E-state index contributed by atoms with van der Waals surface area (Å²) in [6, 6.07) is 4.65. The molecule has 0 radical (unpaired) electrons. The van der Waals surface area contributed by atoms with Crippen LogP contribution in [0.15, 0.2) is 23.1 Å². The van der Waals surface area contributed by atoms with Gasteiger partial charge in [-0.15, -0.1) is 0 Å². The minimum absolute atomic E-state index is 0.0195. The molecule has 1 aliphatic rings. The van der Waals surface area contributed by atoms with Crippen molar-refractivity contribution in [2.45, 2.75) is 0 Å². The van der Waals surface area contributed by atoms with Crippen LogP contribution in [0.2, 0.25) is 0 Å². The molecule has 0 bridgehead atoms. The molecule has 1 fully saturated rings. The van der Waals surface area contributed by atoms with E-state index in [4.69, 9.17) is 4.74 Å². The Bertz CT molecular complexity index is 524. The van der Waals surface area contributed by atoms with Gasteiger partial charge in [0.1, 0.15) is 11.5 Å². The van der Waals surface area contributed by atoms with Crippen molar-refractivity contribution in [1.29, 1.82) is 0 Å². The molecule has 0 unspecified atom stereocenters. The molecular weight excluding hydrogens is 242 g/mol. The van der Waals surface area contributed by atoms with E-state index in [9.17, 15) is 14.7 Å². The summed E-state index contributed by atoms with van der Waals surface area (Å²) < 4.78 is 5.01. The molecule has 1 aromatic carbocycles. The Kier molecular flexibility index (Phi) is 3.06. The van der Waals surface area contributed by atoms with E-state index in [1.165, 1.54) is 19.3 Å². The zero-order valence-corrected chi connectivity index (χ0v) is 9.71. The fourth-order valence-electron chi connectivity index (χ4n) is 1.34. The zero-order valence-electron chi connectivity index (χ0n) is 8.89. The highest BCUT2D eigenvalue weighted by atomic mass is 32.2. The fourth-order valence-corrected chi connectivity index (χ4v) is 2.01. The Morgan fingerprint density at radius 1 is 1.41 bits per heavy atom. The first-order chi connectivity index (χ1) is 8.10. The number of nitrogens with one attached hydrogen (secondary N) is 1. The number of phenolic OH excluding ortho intramolecular Hbond substituents is 1. The summed E-state index contributed by atoms with van der Waals surface area (Å²) in [6.45, 7) is 0. The zero-order chi connectivity index (χ0) is 12.4. The molecule has 2 N–H and O–H groups in total. The van der Waals surface area contributed by atoms with Crippen LogP contribution in [0.1, 0.15) is 5.56 Å². The summed E-state index contributed by atoms with van der Waals surface area (Å²) in [5.41, 5.74) is 0.428. The predicted molar refractivity (Wildman–Crippen MR) is 63.8 cm³/mol. The number of imide groups is 1. The number of thioether (sulfide) groups is 1. The molecule has 0 spiro atoms. The molecule has 1 aliphatic heterocycles. The maximum atomic E-state index is 11.3. The second-order valence-corrected chi connectivity index (χ2v) is 4.29. The van der Waals surface area contributed by atoms with E-state index in [0.717, 1.165) is 11.8 Å². The Morgan fingerprint density at radius 3 is 2.76 bits per heavy atom. The van der Waals surface area contributed by atoms with Gasteiger partial charge in [0.25, 0.3) is 11.1 Å². The molecular formula is C11H9NO4S. The lowest BCUT2D eigenvalue weighted by Gasteiger charge is -2.03. The van der Waals surface area contributed by atoms with Gasteiger partial charge in [0.2, 0.25) is 0 Å². The molecule has 1 saturated heterocycles. The van der Waals surface area contributed by atoms with Gasteiger partial charge in [0.15, 0.2) is 0 Å². The highest BCUT2D eigenvalue weighted by Crippen LogP contribution is 2.30. The van der Waals surface area contributed by atoms with Crippen LogP contribution in [0.5, 0.6) is 11.5 Å². The number of aromatic hydroxyl groups is 1. The van der Waals surface area contributed by atoms with Gasteiger partial charge in [-0.05, 0) is 36.0 Å². The van der Waals surface area contributed by atoms with E-state index in [-0.39, 0.29) is 10.7 Å². The predicted octanol–water partition coefficient (Wildman–Crippen LogP) is 1.72. The fraction of sp³-hybridized carbons (Fsp3) is 0.0909. The minimum Gasteiger partial charge on any atom is -0.507 e. The summed E-state index contributed by atoms with van der Waals surface area (Å²) in [6.07, 6.45) is 1.45. The lowest BCUT2D eigenvalue weighted by atomic mass is 10.1. The number of carbonyl (C=O) groups excluding carboxylic acids is 2. The Morgan fingerprint density at radius 2 is 2.18 bits per heavy atom. The lowest BCUT2D eigenvalue weighted by Crippen LogP contribution is -2.17. The Labute approximate surface area is 101 Å². The third kappa shape index (κ3) is 2.42. The van der Waals surface area contributed by atoms with Crippen molar-refractivity contribution >= 4 is 29.0 Å². The van der Waals surface area contributed by atoms with Crippen LogP contribution in [0.4, 0.5) is 4.79 Å². The second-order valence-electron chi connectivity index (χ2n) is 3.28. The molecule has 1 heterocycles. The quantitative estimate of drug-likeness (QED) is 0.783. The van der Waals surface area contributed by atoms with E-state index >= 15 is 0 Å². The van der Waals surface area contributed by atoms with Crippen LogP contribution in [0, 0.1) is 0 Å². The standard InChI is InChI=1S/C11H9NO4S/c1-16-7-2-3-8(13)6(4-7)5-9-10(14)12-11(15)17-9/h2-5,13H,1H3,(H,12,14,15)/b9-5-. The molecule has 17 heavy (non-hydrogen) atoms. The average molecular weight is 251 g/mol. The van der Waals surface area contributed by atoms with Gasteiger partial charge in [-0.3, -0.25) is 14.9 Å². The number of amides is 2. The number of methoxy groups -OCH3 is 1. The van der Waals surface area contributed by atoms with Crippen LogP contribution in [0.25, 0.3) is 6.08 Å². The van der Waals surface area contributed by atoms with Crippen molar-refractivity contribution in [2.24, 2.45) is 0 Å². The largest absolute Gasteiger partial charge is 0.507 e. The number of rotatable bonds is 2. The highest BCUT2D eigenvalue weighted by Gasteiger charge is 2.25. The number of phenols is 1. The molecule has 0 aliphatic carbocycles. The minimum atomic E-state index is -0.456. The van der Waals surface area contributed by atoms with Gasteiger partial charge in [-0.25, -0.2) is 0 Å². The van der Waals surface area contributed by atoms with Gasteiger partial charge in [-0.1, -0.05) is 0 Å². The van der Waals surface area contributed by atoms with Gasteiger partial charge >= 0.3 is 0 Å². The van der Waals surface area contributed by atoms with Crippen molar-refractivity contribution in [3.8, 4) is 11.5 Å². The van der Waals surface area contributed by atoms with Crippen LogP contribution >= 0.6 is 11.8 Å². The summed E-state index contributed by atoms with van der Waals surface area (Å²) in [4.78, 5) is 22.5. The van der Waals surface area contributed by atoms with Crippen LogP contribution in [0.3, 0.4) is 0 Å². The van der Waals surface area contributed by atoms with E-state index in [2.05, 4.69) is 5.32 Å². The smallest absolute Gasteiger partial charge is 0.290 e. The lowest BCUT2D eigenvalue weighted by molar-refractivity contribution is -0.115. The van der Waals surface area contributed by atoms with E-state index in [1.807, 2.05) is 0 Å². The molecule has 2 amide bonds. The summed E-state index contributed by atoms with van der Waals surface area (Å²) in [5.74, 6) is 0.123. The molecule has 88 valence electrons. The molecule has 1 aromatic rings. The first-order valence-electron chi connectivity index (χ1n) is 4.72. The molecule has 0 saturated carbocycles. The Hall–Kier alpha value is -1.95. The third-order valence-electron chi connectivity index (χ3n) is 2.16. The molecule has 5 nitrogen and oxygen atoms in total. The van der Waals surface area contributed by atoms with Crippen molar-refractivity contribution in [1.82, 2.24) is 5.32 Å².